The molecule has 0 aliphatic carbocycles. The van der Waals surface area contributed by atoms with Crippen molar-refractivity contribution in [3.8, 4) is 17.2 Å². The van der Waals surface area contributed by atoms with Crippen LogP contribution in [0.4, 0.5) is 0 Å². The van der Waals surface area contributed by atoms with Crippen LogP contribution < -0.4 is 14.2 Å². The number of ether oxygens (including phenoxy) is 4. The fourth-order valence-corrected chi connectivity index (χ4v) is 3.79. The van der Waals surface area contributed by atoms with Crippen molar-refractivity contribution in [3.63, 3.8) is 0 Å². The van der Waals surface area contributed by atoms with E-state index < -0.39 is 0 Å². The average Bonchev–Trinajstić information content (AvgIpc) is 2.94. The Bertz CT molecular complexity index is 526. The number of benzene rings is 1. The molecule has 0 spiro atoms. The van der Waals surface area contributed by atoms with Crippen LogP contribution in [0.2, 0.25) is 0 Å². The Morgan fingerprint density at radius 3 is 2.30 bits per heavy atom. The van der Waals surface area contributed by atoms with Gasteiger partial charge in [-0.25, -0.2) is 0 Å². The molecule has 1 heterocycles. The zero-order chi connectivity index (χ0) is 16.8. The molecular weight excluding hydrogens is 318 g/mol. The molecule has 0 radical (unpaired) electrons. The molecule has 1 aliphatic heterocycles. The van der Waals surface area contributed by atoms with Crippen molar-refractivity contribution >= 4 is 17.7 Å². The highest BCUT2D eigenvalue weighted by Gasteiger charge is 2.33. The summed E-state index contributed by atoms with van der Waals surface area (Å²) in [7, 11) is 6.41. The first kappa shape index (κ1) is 17.7. The largest absolute Gasteiger partial charge is 0.493 e. The number of carbonyl (C=O) groups excluding carboxylic acids is 1. The van der Waals surface area contributed by atoms with Gasteiger partial charge in [-0.1, -0.05) is 0 Å². The third-order valence-corrected chi connectivity index (χ3v) is 4.94. The maximum absolute atomic E-state index is 12.2. The topological polar surface area (TPSA) is 57.2 Å². The van der Waals surface area contributed by atoms with E-state index in [0.29, 0.717) is 36.2 Å². The maximum atomic E-state index is 12.2. The molecule has 2 rings (SSSR count). The smallest absolute Gasteiger partial charge is 0.233 e. The summed E-state index contributed by atoms with van der Waals surface area (Å²) in [6.07, 6.45) is 0.809. The lowest BCUT2D eigenvalue weighted by molar-refractivity contribution is -0.128. The van der Waals surface area contributed by atoms with E-state index in [-0.39, 0.29) is 11.3 Å². The van der Waals surface area contributed by atoms with E-state index in [2.05, 4.69) is 0 Å². The van der Waals surface area contributed by atoms with Crippen molar-refractivity contribution in [3.05, 3.63) is 17.7 Å². The molecule has 0 N–H and O–H groups in total. The minimum atomic E-state index is -0.0481. The van der Waals surface area contributed by atoms with Crippen LogP contribution in [-0.2, 0) is 9.53 Å². The van der Waals surface area contributed by atoms with Crippen LogP contribution >= 0.6 is 11.8 Å². The van der Waals surface area contributed by atoms with Gasteiger partial charge in [-0.2, -0.15) is 0 Å². The number of hydrogen-bond acceptors (Lipinski definition) is 6. The van der Waals surface area contributed by atoms with Gasteiger partial charge in [-0.05, 0) is 24.1 Å². The van der Waals surface area contributed by atoms with E-state index in [4.69, 9.17) is 18.9 Å². The molecule has 1 fully saturated rings. The molecular formula is C16H23NO5S. The molecule has 0 saturated carbocycles. The van der Waals surface area contributed by atoms with E-state index >= 15 is 0 Å². The lowest BCUT2D eigenvalue weighted by Gasteiger charge is -2.25. The van der Waals surface area contributed by atoms with Crippen molar-refractivity contribution in [1.29, 1.82) is 0 Å². The van der Waals surface area contributed by atoms with Crippen molar-refractivity contribution in [2.75, 3.05) is 47.3 Å². The fourth-order valence-electron chi connectivity index (χ4n) is 2.60. The van der Waals surface area contributed by atoms with Gasteiger partial charge in [0.05, 0.1) is 27.1 Å². The van der Waals surface area contributed by atoms with Crippen LogP contribution in [0.1, 0.15) is 17.4 Å². The monoisotopic (exact) mass is 341 g/mol. The van der Waals surface area contributed by atoms with Crippen LogP contribution in [0, 0.1) is 0 Å². The van der Waals surface area contributed by atoms with E-state index in [1.54, 1.807) is 40.2 Å². The summed E-state index contributed by atoms with van der Waals surface area (Å²) in [4.78, 5) is 14.0. The third kappa shape index (κ3) is 3.84. The predicted octanol–water partition coefficient (Wildman–Crippen LogP) is 2.32. The SMILES string of the molecule is COCCCN1C(=O)CSC1c1cc(OC)c(OC)c(OC)c1. The number of amides is 1. The summed E-state index contributed by atoms with van der Waals surface area (Å²) in [6.45, 7) is 1.30. The summed E-state index contributed by atoms with van der Waals surface area (Å²) in [5.74, 6) is 2.37. The molecule has 23 heavy (non-hydrogen) atoms. The number of hydrogen-bond donors (Lipinski definition) is 0. The minimum Gasteiger partial charge on any atom is -0.493 e. The van der Waals surface area contributed by atoms with Crippen LogP contribution in [0.25, 0.3) is 0 Å². The zero-order valence-electron chi connectivity index (χ0n) is 14.0. The molecule has 7 heteroatoms. The second-order valence-corrected chi connectivity index (χ2v) is 6.12. The molecule has 6 nitrogen and oxygen atoms in total. The van der Waals surface area contributed by atoms with Gasteiger partial charge in [-0.15, -0.1) is 11.8 Å². The molecule has 1 aliphatic rings. The number of rotatable bonds is 8. The molecule has 1 atom stereocenters. The number of thioether (sulfide) groups is 1. The molecule has 128 valence electrons. The Morgan fingerprint density at radius 2 is 1.78 bits per heavy atom. The van der Waals surface area contributed by atoms with Gasteiger partial charge in [0.15, 0.2) is 11.5 Å². The summed E-state index contributed by atoms with van der Waals surface area (Å²) in [5.41, 5.74) is 0.966. The predicted molar refractivity (Wildman–Crippen MR) is 89.5 cm³/mol. The minimum absolute atomic E-state index is 0.0481. The lowest BCUT2D eigenvalue weighted by Crippen LogP contribution is -2.29. The Kier molecular flexibility index (Phi) is 6.41. The Hall–Kier alpha value is -1.60. The highest BCUT2D eigenvalue weighted by atomic mass is 32.2. The van der Waals surface area contributed by atoms with Crippen molar-refractivity contribution in [1.82, 2.24) is 4.90 Å². The van der Waals surface area contributed by atoms with Crippen LogP contribution in [0.5, 0.6) is 17.2 Å². The van der Waals surface area contributed by atoms with Gasteiger partial charge in [0.2, 0.25) is 11.7 Å². The quantitative estimate of drug-likeness (QED) is 0.677. The molecule has 1 aromatic carbocycles. The first-order chi connectivity index (χ1) is 11.2. The van der Waals surface area contributed by atoms with Gasteiger partial charge in [0, 0.05) is 20.3 Å². The Labute approximate surface area is 141 Å². The van der Waals surface area contributed by atoms with E-state index in [0.717, 1.165) is 12.0 Å². The molecule has 1 amide bonds. The highest BCUT2D eigenvalue weighted by molar-refractivity contribution is 8.00. The molecule has 1 saturated heterocycles. The van der Waals surface area contributed by atoms with Crippen LogP contribution in [0.3, 0.4) is 0 Å². The van der Waals surface area contributed by atoms with Crippen molar-refractivity contribution in [2.45, 2.75) is 11.8 Å². The van der Waals surface area contributed by atoms with Crippen molar-refractivity contribution in [2.24, 2.45) is 0 Å². The van der Waals surface area contributed by atoms with Gasteiger partial charge in [-0.3, -0.25) is 4.79 Å². The summed E-state index contributed by atoms with van der Waals surface area (Å²) < 4.78 is 21.2. The van der Waals surface area contributed by atoms with E-state index in [9.17, 15) is 4.79 Å². The maximum Gasteiger partial charge on any atom is 0.233 e. The first-order valence-electron chi connectivity index (χ1n) is 7.36. The first-order valence-corrected chi connectivity index (χ1v) is 8.41. The second-order valence-electron chi connectivity index (χ2n) is 5.06. The lowest BCUT2D eigenvalue weighted by atomic mass is 10.1. The van der Waals surface area contributed by atoms with Gasteiger partial charge in [0.25, 0.3) is 0 Å². The van der Waals surface area contributed by atoms with Crippen molar-refractivity contribution < 1.29 is 23.7 Å². The highest BCUT2D eigenvalue weighted by Crippen LogP contribution is 2.45. The number of carbonyl (C=O) groups is 1. The summed E-state index contributed by atoms with van der Waals surface area (Å²) in [5, 5.41) is -0.0481. The third-order valence-electron chi connectivity index (χ3n) is 3.69. The van der Waals surface area contributed by atoms with Gasteiger partial charge < -0.3 is 23.8 Å². The molecule has 0 aromatic heterocycles. The van der Waals surface area contributed by atoms with Gasteiger partial charge in [0.1, 0.15) is 5.37 Å². The summed E-state index contributed by atoms with van der Waals surface area (Å²) >= 11 is 1.61. The fraction of sp³-hybridized carbons (Fsp3) is 0.562. The molecule has 1 aromatic rings. The zero-order valence-corrected chi connectivity index (χ0v) is 14.8. The second kappa shape index (κ2) is 8.31. The van der Waals surface area contributed by atoms with Crippen LogP contribution in [-0.4, -0.2) is 58.2 Å². The Morgan fingerprint density at radius 1 is 1.13 bits per heavy atom. The molecule has 0 bridgehead atoms. The molecule has 1 unspecified atom stereocenters. The standard InChI is InChI=1S/C16H23NO5S/c1-19-7-5-6-17-14(18)10-23-16(17)11-8-12(20-2)15(22-4)13(9-11)21-3/h8-9,16H,5-7,10H2,1-4H3. The number of methoxy groups -OCH3 is 4. The normalized spacial score (nSPS) is 17.5. The average molecular weight is 341 g/mol. The van der Waals surface area contributed by atoms with E-state index in [1.807, 2.05) is 17.0 Å². The number of nitrogens with zero attached hydrogens (tertiary/aromatic N) is 1. The summed E-state index contributed by atoms with van der Waals surface area (Å²) in [6, 6.07) is 3.81. The van der Waals surface area contributed by atoms with E-state index in [1.165, 1.54) is 0 Å². The van der Waals surface area contributed by atoms with Crippen LogP contribution in [0.15, 0.2) is 12.1 Å². The van der Waals surface area contributed by atoms with Gasteiger partial charge >= 0.3 is 0 Å². The Balaban J connectivity index is 2.30.